The third kappa shape index (κ3) is 2.61. The minimum Gasteiger partial charge on any atom is -0.508 e. The van der Waals surface area contributed by atoms with Gasteiger partial charge in [0.15, 0.2) is 0 Å². The van der Waals surface area contributed by atoms with Crippen LogP contribution in [0.3, 0.4) is 0 Å². The second-order valence-corrected chi connectivity index (χ2v) is 3.86. The lowest BCUT2D eigenvalue weighted by atomic mass is 10.0. The Balaban J connectivity index is 2.11. The molecule has 0 fully saturated rings. The lowest BCUT2D eigenvalue weighted by Crippen LogP contribution is -1.96. The van der Waals surface area contributed by atoms with Crippen molar-refractivity contribution in [1.82, 2.24) is 0 Å². The van der Waals surface area contributed by atoms with Gasteiger partial charge in [-0.2, -0.15) is 0 Å². The average molecular weight is 213 g/mol. The van der Waals surface area contributed by atoms with E-state index in [9.17, 15) is 5.11 Å². The fraction of sp³-hybridized carbons (Fsp3) is 0.143. The number of aromatic hydroxyl groups is 1. The number of hydrogen-bond acceptors (Lipinski definition) is 2. The van der Waals surface area contributed by atoms with Crippen molar-refractivity contribution in [2.45, 2.75) is 13.0 Å². The Bertz CT molecular complexity index is 445. The Morgan fingerprint density at radius 1 is 0.750 bits per heavy atom. The van der Waals surface area contributed by atoms with Gasteiger partial charge in [0, 0.05) is 6.54 Å². The van der Waals surface area contributed by atoms with Crippen LogP contribution in [0.4, 0.5) is 0 Å². The van der Waals surface area contributed by atoms with E-state index in [0.717, 1.165) is 12.0 Å². The van der Waals surface area contributed by atoms with Gasteiger partial charge in [-0.3, -0.25) is 0 Å². The zero-order valence-electron chi connectivity index (χ0n) is 9.06. The molecule has 2 aromatic rings. The summed E-state index contributed by atoms with van der Waals surface area (Å²) in [5.74, 6) is 0.308. The number of hydrogen-bond donors (Lipinski definition) is 2. The van der Waals surface area contributed by atoms with E-state index in [1.807, 2.05) is 12.1 Å². The first-order valence-electron chi connectivity index (χ1n) is 5.34. The first-order chi connectivity index (χ1) is 7.78. The highest BCUT2D eigenvalue weighted by Gasteiger charge is 1.97. The maximum absolute atomic E-state index is 9.18. The van der Waals surface area contributed by atoms with Crippen molar-refractivity contribution in [3.05, 3.63) is 65.2 Å². The maximum Gasteiger partial charge on any atom is 0.115 e. The highest BCUT2D eigenvalue weighted by atomic mass is 16.3. The van der Waals surface area contributed by atoms with Gasteiger partial charge >= 0.3 is 0 Å². The molecule has 0 atom stereocenters. The molecule has 0 aliphatic rings. The third-order valence-corrected chi connectivity index (χ3v) is 2.60. The van der Waals surface area contributed by atoms with Gasteiger partial charge in [0.1, 0.15) is 5.75 Å². The number of benzene rings is 2. The van der Waals surface area contributed by atoms with E-state index < -0.39 is 0 Å². The van der Waals surface area contributed by atoms with E-state index in [2.05, 4.69) is 24.3 Å². The van der Waals surface area contributed by atoms with Crippen LogP contribution >= 0.6 is 0 Å². The Labute approximate surface area is 95.4 Å². The van der Waals surface area contributed by atoms with Gasteiger partial charge < -0.3 is 10.8 Å². The van der Waals surface area contributed by atoms with Gasteiger partial charge in [0.2, 0.25) is 0 Å². The highest BCUT2D eigenvalue weighted by Crippen LogP contribution is 2.14. The summed E-state index contributed by atoms with van der Waals surface area (Å²) in [5.41, 5.74) is 9.13. The first kappa shape index (κ1) is 10.7. The van der Waals surface area contributed by atoms with Gasteiger partial charge in [-0.25, -0.2) is 0 Å². The van der Waals surface area contributed by atoms with Crippen molar-refractivity contribution < 1.29 is 5.11 Å². The molecule has 0 bridgehead atoms. The van der Waals surface area contributed by atoms with Crippen LogP contribution in [0.15, 0.2) is 48.5 Å². The molecule has 0 spiro atoms. The van der Waals surface area contributed by atoms with E-state index in [4.69, 9.17) is 5.73 Å². The average Bonchev–Trinajstić information content (AvgIpc) is 2.33. The molecule has 82 valence electrons. The molecule has 0 unspecified atom stereocenters. The Morgan fingerprint density at radius 2 is 1.19 bits per heavy atom. The molecule has 0 aliphatic carbocycles. The van der Waals surface area contributed by atoms with Gasteiger partial charge in [-0.05, 0) is 35.2 Å². The fourth-order valence-corrected chi connectivity index (χ4v) is 1.64. The molecule has 0 radical (unpaired) electrons. The summed E-state index contributed by atoms with van der Waals surface area (Å²) in [5, 5.41) is 9.18. The minimum absolute atomic E-state index is 0.308. The zero-order chi connectivity index (χ0) is 11.4. The second-order valence-electron chi connectivity index (χ2n) is 3.86. The molecule has 2 rings (SSSR count). The molecule has 0 aliphatic heterocycles. The SMILES string of the molecule is NCc1ccc(Cc2ccc(O)cc2)cc1. The van der Waals surface area contributed by atoms with Crippen molar-refractivity contribution in [2.24, 2.45) is 5.73 Å². The quantitative estimate of drug-likeness (QED) is 0.822. The summed E-state index contributed by atoms with van der Waals surface area (Å²) in [4.78, 5) is 0. The topological polar surface area (TPSA) is 46.2 Å². The van der Waals surface area contributed by atoms with E-state index in [1.54, 1.807) is 12.1 Å². The summed E-state index contributed by atoms with van der Waals surface area (Å²) in [6.45, 7) is 0.583. The standard InChI is InChI=1S/C14H15NO/c15-10-13-3-1-11(2-4-13)9-12-5-7-14(16)8-6-12/h1-8,16H,9-10,15H2. The predicted molar refractivity (Wildman–Crippen MR) is 65.2 cm³/mol. The largest absolute Gasteiger partial charge is 0.508 e. The molecule has 3 N–H and O–H groups in total. The second kappa shape index (κ2) is 4.81. The molecule has 2 aromatic carbocycles. The van der Waals surface area contributed by atoms with Crippen molar-refractivity contribution >= 4 is 0 Å². The van der Waals surface area contributed by atoms with Crippen LogP contribution in [-0.4, -0.2) is 5.11 Å². The van der Waals surface area contributed by atoms with Crippen molar-refractivity contribution in [3.8, 4) is 5.75 Å². The van der Waals surface area contributed by atoms with Crippen molar-refractivity contribution in [2.75, 3.05) is 0 Å². The molecule has 0 saturated carbocycles. The minimum atomic E-state index is 0.308. The Hall–Kier alpha value is -1.80. The molecular weight excluding hydrogens is 198 g/mol. The van der Waals surface area contributed by atoms with Crippen LogP contribution in [0.5, 0.6) is 5.75 Å². The van der Waals surface area contributed by atoms with Crippen LogP contribution < -0.4 is 5.73 Å². The first-order valence-corrected chi connectivity index (χ1v) is 5.34. The Morgan fingerprint density at radius 3 is 1.69 bits per heavy atom. The fourth-order valence-electron chi connectivity index (χ4n) is 1.64. The van der Waals surface area contributed by atoms with Crippen molar-refractivity contribution in [1.29, 1.82) is 0 Å². The lowest BCUT2D eigenvalue weighted by molar-refractivity contribution is 0.475. The molecule has 0 amide bonds. The van der Waals surface area contributed by atoms with Gasteiger partial charge in [-0.15, -0.1) is 0 Å². The van der Waals surface area contributed by atoms with Gasteiger partial charge in [0.25, 0.3) is 0 Å². The highest BCUT2D eigenvalue weighted by molar-refractivity contribution is 5.31. The molecule has 0 heterocycles. The van der Waals surface area contributed by atoms with Crippen molar-refractivity contribution in [3.63, 3.8) is 0 Å². The summed E-state index contributed by atoms with van der Waals surface area (Å²) < 4.78 is 0. The predicted octanol–water partition coefficient (Wildman–Crippen LogP) is 2.44. The van der Waals surface area contributed by atoms with Gasteiger partial charge in [0.05, 0.1) is 0 Å². The normalized spacial score (nSPS) is 10.3. The van der Waals surface area contributed by atoms with Crippen LogP contribution in [0.2, 0.25) is 0 Å². The summed E-state index contributed by atoms with van der Waals surface area (Å²) in [6.07, 6.45) is 0.880. The molecule has 0 saturated heterocycles. The monoisotopic (exact) mass is 213 g/mol. The third-order valence-electron chi connectivity index (χ3n) is 2.60. The lowest BCUT2D eigenvalue weighted by Gasteiger charge is -2.03. The van der Waals surface area contributed by atoms with Crippen LogP contribution in [0.1, 0.15) is 16.7 Å². The summed E-state index contributed by atoms with van der Waals surface area (Å²) >= 11 is 0. The molecule has 2 nitrogen and oxygen atoms in total. The molecular formula is C14H15NO. The summed E-state index contributed by atoms with van der Waals surface area (Å²) in [6, 6.07) is 15.6. The van der Waals surface area contributed by atoms with E-state index in [1.165, 1.54) is 11.1 Å². The number of phenolic OH excluding ortho intramolecular Hbond substituents is 1. The molecule has 0 aromatic heterocycles. The van der Waals surface area contributed by atoms with Crippen LogP contribution in [0, 0.1) is 0 Å². The maximum atomic E-state index is 9.18. The number of nitrogens with two attached hydrogens (primary N) is 1. The van der Waals surface area contributed by atoms with Crippen LogP contribution in [-0.2, 0) is 13.0 Å². The molecule has 2 heteroatoms. The smallest absolute Gasteiger partial charge is 0.115 e. The number of phenols is 1. The van der Waals surface area contributed by atoms with E-state index >= 15 is 0 Å². The molecule has 16 heavy (non-hydrogen) atoms. The zero-order valence-corrected chi connectivity index (χ0v) is 9.06. The van der Waals surface area contributed by atoms with Gasteiger partial charge in [-0.1, -0.05) is 36.4 Å². The van der Waals surface area contributed by atoms with Crippen LogP contribution in [0.25, 0.3) is 0 Å². The Kier molecular flexibility index (Phi) is 3.22. The van der Waals surface area contributed by atoms with E-state index in [-0.39, 0.29) is 0 Å². The van der Waals surface area contributed by atoms with E-state index in [0.29, 0.717) is 12.3 Å². The number of rotatable bonds is 3. The summed E-state index contributed by atoms with van der Waals surface area (Å²) in [7, 11) is 0.